The summed E-state index contributed by atoms with van der Waals surface area (Å²) in [6.07, 6.45) is 0.792. The fraction of sp³-hybridized carbons (Fsp3) is 0. The van der Waals surface area contributed by atoms with Crippen molar-refractivity contribution in [2.45, 2.75) is 0 Å². The third kappa shape index (κ3) is 0.929. The highest BCUT2D eigenvalue weighted by atomic mass is 16.8. The molecule has 2 rings (SSSR count). The molecule has 0 saturated heterocycles. The van der Waals surface area contributed by atoms with E-state index in [1.807, 2.05) is 0 Å². The molecule has 1 heterocycles. The van der Waals surface area contributed by atoms with Crippen molar-refractivity contribution >= 4 is 17.7 Å². The fourth-order valence-corrected chi connectivity index (χ4v) is 0.944. The van der Waals surface area contributed by atoms with E-state index in [4.69, 9.17) is 4.94 Å². The molecule has 4 nitrogen and oxygen atoms in total. The minimum absolute atomic E-state index is 0.628. The summed E-state index contributed by atoms with van der Waals surface area (Å²) in [4.78, 5) is 15.0. The van der Waals surface area contributed by atoms with Crippen molar-refractivity contribution in [1.29, 1.82) is 0 Å². The third-order valence-electron chi connectivity index (χ3n) is 1.50. The van der Waals surface area contributed by atoms with Gasteiger partial charge in [0.15, 0.2) is 0 Å². The number of benzene rings is 1. The van der Waals surface area contributed by atoms with E-state index in [1.54, 1.807) is 18.2 Å². The number of carbonyl (C=O) groups is 1. The quantitative estimate of drug-likeness (QED) is 0.590. The maximum atomic E-state index is 10.3. The van der Waals surface area contributed by atoms with Crippen LogP contribution in [0.1, 0.15) is 10.4 Å². The largest absolute Gasteiger partial charge is 0.298 e. The van der Waals surface area contributed by atoms with Crippen LogP contribution in [-0.2, 0) is 4.94 Å². The van der Waals surface area contributed by atoms with Crippen LogP contribution in [-0.4, -0.2) is 6.29 Å². The van der Waals surface area contributed by atoms with Crippen molar-refractivity contribution in [3.63, 3.8) is 0 Å². The molecule has 0 bridgehead atoms. The van der Waals surface area contributed by atoms with Gasteiger partial charge in [-0.1, -0.05) is 0 Å². The Kier molecular flexibility index (Phi) is 1.26. The molecule has 4 heteroatoms. The zero-order chi connectivity index (χ0) is 7.68. The zero-order valence-electron chi connectivity index (χ0n) is 5.63. The second-order valence-corrected chi connectivity index (χ2v) is 2.23. The second kappa shape index (κ2) is 2.25. The summed E-state index contributed by atoms with van der Waals surface area (Å²) in [5.74, 6) is 0. The van der Waals surface area contributed by atoms with Gasteiger partial charge in [0.1, 0.15) is 6.29 Å². The summed E-state index contributed by atoms with van der Waals surface area (Å²) in [7, 11) is 0. The van der Waals surface area contributed by atoms with Crippen LogP contribution in [0.2, 0.25) is 0 Å². The zero-order valence-corrected chi connectivity index (χ0v) is 5.63. The number of nitrogens with one attached hydrogen (secondary N) is 2. The van der Waals surface area contributed by atoms with E-state index in [0.717, 1.165) is 17.7 Å². The van der Waals surface area contributed by atoms with E-state index in [0.29, 0.717) is 5.56 Å². The van der Waals surface area contributed by atoms with Crippen molar-refractivity contribution in [1.82, 2.24) is 0 Å². The first-order chi connectivity index (χ1) is 5.40. The second-order valence-electron chi connectivity index (χ2n) is 2.23. The maximum Gasteiger partial charge on any atom is 0.150 e. The number of rotatable bonds is 1. The molecule has 0 aliphatic carbocycles. The molecular formula is C7H6N2O2. The van der Waals surface area contributed by atoms with Crippen LogP contribution in [0.25, 0.3) is 0 Å². The molecule has 0 aromatic heterocycles. The van der Waals surface area contributed by atoms with Crippen LogP contribution in [0.5, 0.6) is 0 Å². The number of anilines is 2. The first kappa shape index (κ1) is 6.18. The van der Waals surface area contributed by atoms with Gasteiger partial charge in [-0.2, -0.15) is 4.94 Å². The van der Waals surface area contributed by atoms with Gasteiger partial charge in [0.05, 0.1) is 11.4 Å². The van der Waals surface area contributed by atoms with Crippen LogP contribution in [0, 0.1) is 0 Å². The molecule has 0 saturated carbocycles. The van der Waals surface area contributed by atoms with E-state index < -0.39 is 0 Å². The normalized spacial score (nSPS) is 13.1. The molecule has 1 aliphatic heterocycles. The first-order valence-electron chi connectivity index (χ1n) is 3.17. The third-order valence-corrected chi connectivity index (χ3v) is 1.50. The number of fused-ring (bicyclic) bond motifs is 1. The Morgan fingerprint density at radius 3 is 2.91 bits per heavy atom. The van der Waals surface area contributed by atoms with Gasteiger partial charge in [0, 0.05) is 5.56 Å². The summed E-state index contributed by atoms with van der Waals surface area (Å²) in [6, 6.07) is 5.20. The molecule has 0 unspecified atom stereocenters. The Bertz CT molecular complexity index is 298. The molecule has 56 valence electrons. The van der Waals surface area contributed by atoms with Crippen LogP contribution in [0.3, 0.4) is 0 Å². The Labute approximate surface area is 63.1 Å². The van der Waals surface area contributed by atoms with Crippen molar-refractivity contribution in [3.8, 4) is 0 Å². The highest BCUT2D eigenvalue weighted by Crippen LogP contribution is 2.26. The highest BCUT2D eigenvalue weighted by molar-refractivity contribution is 5.81. The monoisotopic (exact) mass is 150 g/mol. The lowest BCUT2D eigenvalue weighted by Gasteiger charge is -1.94. The summed E-state index contributed by atoms with van der Waals surface area (Å²) in [6.45, 7) is 0. The van der Waals surface area contributed by atoms with E-state index >= 15 is 0 Å². The Hall–Kier alpha value is -1.55. The molecule has 0 amide bonds. The van der Waals surface area contributed by atoms with E-state index in [2.05, 4.69) is 11.0 Å². The van der Waals surface area contributed by atoms with E-state index in [-0.39, 0.29) is 0 Å². The topological polar surface area (TPSA) is 50.4 Å². The van der Waals surface area contributed by atoms with Gasteiger partial charge < -0.3 is 0 Å². The van der Waals surface area contributed by atoms with Gasteiger partial charge in [-0.15, -0.1) is 0 Å². The highest BCUT2D eigenvalue weighted by Gasteiger charge is 2.09. The average Bonchev–Trinajstić information content (AvgIpc) is 2.50. The van der Waals surface area contributed by atoms with Gasteiger partial charge in [-0.25, -0.2) is 11.0 Å². The lowest BCUT2D eigenvalue weighted by atomic mass is 10.2. The standard InChI is InChI=1S/C7H6N2O2/c10-4-5-1-2-6-7(3-5)9-11-8-6/h1-4,8-9H. The van der Waals surface area contributed by atoms with Crippen LogP contribution in [0.4, 0.5) is 11.4 Å². The minimum atomic E-state index is 0.628. The van der Waals surface area contributed by atoms with Gasteiger partial charge in [0.2, 0.25) is 0 Å². The average molecular weight is 150 g/mol. The maximum absolute atomic E-state index is 10.3. The molecular weight excluding hydrogens is 144 g/mol. The summed E-state index contributed by atoms with van der Waals surface area (Å²) < 4.78 is 0. The molecule has 0 spiro atoms. The lowest BCUT2D eigenvalue weighted by molar-refractivity contribution is 0.112. The van der Waals surface area contributed by atoms with Crippen molar-refractivity contribution in [3.05, 3.63) is 23.8 Å². The predicted molar refractivity (Wildman–Crippen MR) is 40.2 cm³/mol. The summed E-state index contributed by atoms with van der Waals surface area (Å²) >= 11 is 0. The van der Waals surface area contributed by atoms with Crippen molar-refractivity contribution in [2.75, 3.05) is 11.0 Å². The fourth-order valence-electron chi connectivity index (χ4n) is 0.944. The Morgan fingerprint density at radius 1 is 1.27 bits per heavy atom. The van der Waals surface area contributed by atoms with Crippen LogP contribution < -0.4 is 11.0 Å². The smallest absolute Gasteiger partial charge is 0.150 e. The van der Waals surface area contributed by atoms with E-state index in [1.165, 1.54) is 0 Å². The Morgan fingerprint density at radius 2 is 2.09 bits per heavy atom. The van der Waals surface area contributed by atoms with Gasteiger partial charge in [-0.3, -0.25) is 4.79 Å². The van der Waals surface area contributed by atoms with Crippen LogP contribution in [0.15, 0.2) is 18.2 Å². The SMILES string of the molecule is O=Cc1ccc2c(c1)NON2. The van der Waals surface area contributed by atoms with Crippen LogP contribution >= 0.6 is 0 Å². The molecule has 1 aliphatic rings. The number of aldehydes is 1. The Balaban J connectivity index is 2.48. The lowest BCUT2D eigenvalue weighted by Crippen LogP contribution is -1.94. The van der Waals surface area contributed by atoms with Gasteiger partial charge >= 0.3 is 0 Å². The van der Waals surface area contributed by atoms with E-state index in [9.17, 15) is 4.79 Å². The molecule has 0 radical (unpaired) electrons. The van der Waals surface area contributed by atoms with Crippen molar-refractivity contribution < 1.29 is 9.73 Å². The molecule has 1 aromatic rings. The molecule has 0 fully saturated rings. The van der Waals surface area contributed by atoms with Crippen molar-refractivity contribution in [2.24, 2.45) is 0 Å². The molecule has 0 atom stereocenters. The first-order valence-corrected chi connectivity index (χ1v) is 3.17. The van der Waals surface area contributed by atoms with Gasteiger partial charge in [0.25, 0.3) is 0 Å². The number of hydrogen-bond acceptors (Lipinski definition) is 4. The number of carbonyl (C=O) groups excluding carboxylic acids is 1. The molecule has 1 aromatic carbocycles. The van der Waals surface area contributed by atoms with Gasteiger partial charge in [-0.05, 0) is 18.2 Å². The number of hydrogen-bond donors (Lipinski definition) is 2. The summed E-state index contributed by atoms with van der Waals surface area (Å²) in [5.41, 5.74) is 7.49. The predicted octanol–water partition coefficient (Wildman–Crippen LogP) is 1.18. The summed E-state index contributed by atoms with van der Waals surface area (Å²) in [5, 5.41) is 0. The molecule has 11 heavy (non-hydrogen) atoms. The minimum Gasteiger partial charge on any atom is -0.298 e. The molecule has 2 N–H and O–H groups in total.